The second kappa shape index (κ2) is 5.42. The number of nitrogens with zero attached hydrogens (tertiary/aromatic N) is 1. The highest BCUT2D eigenvalue weighted by Gasteiger charge is 2.25. The monoisotopic (exact) mass is 246 g/mol. The van der Waals surface area contributed by atoms with E-state index in [1.807, 2.05) is 0 Å². The van der Waals surface area contributed by atoms with Crippen LogP contribution in [-0.2, 0) is 4.79 Å². The average molecular weight is 246 g/mol. The molecule has 0 aromatic heterocycles. The van der Waals surface area contributed by atoms with Crippen LogP contribution in [0.1, 0.15) is 0 Å². The van der Waals surface area contributed by atoms with Crippen molar-refractivity contribution < 1.29 is 9.59 Å². The van der Waals surface area contributed by atoms with E-state index in [9.17, 15) is 9.59 Å². The number of nitrogens with one attached hydrogen (secondary N) is 3. The largest absolute Gasteiger partial charge is 0.326 e. The number of carbonyl (C=O) groups excluding carboxylic acids is 2. The molecular weight excluding hydrogens is 232 g/mol. The predicted molar refractivity (Wildman–Crippen MR) is 68.2 cm³/mol. The van der Waals surface area contributed by atoms with Crippen LogP contribution in [0.15, 0.2) is 41.6 Å². The minimum Gasteiger partial charge on any atom is -0.326 e. The summed E-state index contributed by atoms with van der Waals surface area (Å²) in [6.07, 6.45) is 6.87. The van der Waals surface area contributed by atoms with Gasteiger partial charge in [-0.1, -0.05) is 12.2 Å². The molecule has 2 rings (SSSR count). The van der Waals surface area contributed by atoms with Gasteiger partial charge in [-0.15, -0.1) is 6.58 Å². The summed E-state index contributed by atoms with van der Waals surface area (Å²) in [5.74, 6) is -0.260. The lowest BCUT2D eigenvalue weighted by Gasteiger charge is -2.10. The normalized spacial score (nSPS) is 23.1. The second-order valence-corrected chi connectivity index (χ2v) is 3.88. The summed E-state index contributed by atoms with van der Waals surface area (Å²) in [5.41, 5.74) is 1.25. The first-order valence-corrected chi connectivity index (χ1v) is 5.59. The molecule has 18 heavy (non-hydrogen) atoms. The van der Waals surface area contributed by atoms with Crippen molar-refractivity contribution in [3.05, 3.63) is 36.6 Å². The molecule has 0 radical (unpaired) electrons. The van der Waals surface area contributed by atoms with Crippen molar-refractivity contribution in [2.45, 2.75) is 6.04 Å². The van der Waals surface area contributed by atoms with Crippen molar-refractivity contribution in [2.75, 3.05) is 13.1 Å². The Labute approximate surface area is 105 Å². The average Bonchev–Trinajstić information content (AvgIpc) is 2.69. The summed E-state index contributed by atoms with van der Waals surface area (Å²) in [6.45, 7) is 4.27. The fraction of sp³-hybridized carbons (Fsp3) is 0.250. The Morgan fingerprint density at radius 1 is 1.61 bits per heavy atom. The van der Waals surface area contributed by atoms with E-state index in [0.717, 1.165) is 0 Å². The van der Waals surface area contributed by atoms with Gasteiger partial charge >= 0.3 is 6.03 Å². The van der Waals surface area contributed by atoms with E-state index in [4.69, 9.17) is 0 Å². The molecule has 2 aliphatic rings. The Kier molecular flexibility index (Phi) is 3.69. The predicted octanol–water partition coefficient (Wildman–Crippen LogP) is -0.135. The van der Waals surface area contributed by atoms with Crippen LogP contribution in [0.5, 0.6) is 0 Å². The molecule has 3 N–H and O–H groups in total. The van der Waals surface area contributed by atoms with Crippen LogP contribution in [0, 0.1) is 0 Å². The standard InChI is InChI=1S/C12H14N4O2/c1-2-5-13-7-11(17)14-8-3-4-9-10(6-8)16-12(18)15-9/h2-4,6,9,13H,1,5,7H2,(H2,15,16,18). The van der Waals surface area contributed by atoms with Gasteiger partial charge in [0.2, 0.25) is 0 Å². The van der Waals surface area contributed by atoms with Crippen molar-refractivity contribution in [3.63, 3.8) is 0 Å². The van der Waals surface area contributed by atoms with E-state index in [1.54, 1.807) is 24.3 Å². The molecule has 0 aromatic carbocycles. The zero-order valence-electron chi connectivity index (χ0n) is 9.77. The highest BCUT2D eigenvalue weighted by atomic mass is 16.2. The number of amides is 3. The second-order valence-electron chi connectivity index (χ2n) is 3.88. The molecular formula is C12H14N4O2. The Morgan fingerprint density at radius 2 is 2.44 bits per heavy atom. The van der Waals surface area contributed by atoms with E-state index in [2.05, 4.69) is 27.5 Å². The SMILES string of the molecule is C=CCNCC(=O)N=C1C=CC2NC(=O)NC2=C1. The van der Waals surface area contributed by atoms with Gasteiger partial charge in [-0.25, -0.2) is 9.79 Å². The smallest absolute Gasteiger partial charge is 0.319 e. The van der Waals surface area contributed by atoms with Crippen molar-refractivity contribution in [3.8, 4) is 0 Å². The van der Waals surface area contributed by atoms with Crippen LogP contribution < -0.4 is 16.0 Å². The van der Waals surface area contributed by atoms with Gasteiger partial charge in [0.15, 0.2) is 0 Å². The number of hydrogen-bond acceptors (Lipinski definition) is 3. The summed E-state index contributed by atoms with van der Waals surface area (Å²) in [7, 11) is 0. The molecule has 0 bridgehead atoms. The topological polar surface area (TPSA) is 82.6 Å². The van der Waals surface area contributed by atoms with Crippen LogP contribution in [0.25, 0.3) is 0 Å². The van der Waals surface area contributed by atoms with Crippen LogP contribution in [0.2, 0.25) is 0 Å². The number of allylic oxidation sites excluding steroid dienone is 2. The van der Waals surface area contributed by atoms with Crippen molar-refractivity contribution >= 4 is 17.6 Å². The number of hydrogen-bond donors (Lipinski definition) is 3. The first-order valence-electron chi connectivity index (χ1n) is 5.59. The molecule has 1 aliphatic carbocycles. The zero-order chi connectivity index (χ0) is 13.0. The molecule has 0 spiro atoms. The van der Waals surface area contributed by atoms with Gasteiger partial charge in [-0.05, 0) is 12.2 Å². The van der Waals surface area contributed by atoms with Crippen LogP contribution in [-0.4, -0.2) is 36.8 Å². The quantitative estimate of drug-likeness (QED) is 0.477. The number of urea groups is 1. The van der Waals surface area contributed by atoms with Gasteiger partial charge in [0.1, 0.15) is 0 Å². The molecule has 0 saturated carbocycles. The fourth-order valence-electron chi connectivity index (χ4n) is 1.68. The highest BCUT2D eigenvalue weighted by Crippen LogP contribution is 2.12. The first-order chi connectivity index (χ1) is 8.69. The molecule has 6 nitrogen and oxygen atoms in total. The number of rotatable bonds is 4. The Balaban J connectivity index is 1.98. The van der Waals surface area contributed by atoms with E-state index in [1.165, 1.54) is 0 Å². The third kappa shape index (κ3) is 2.92. The van der Waals surface area contributed by atoms with Crippen LogP contribution in [0.4, 0.5) is 4.79 Å². The Bertz CT molecular complexity index is 476. The lowest BCUT2D eigenvalue weighted by molar-refractivity contribution is -0.116. The summed E-state index contributed by atoms with van der Waals surface area (Å²) in [6, 6.07) is -0.374. The number of carbonyl (C=O) groups is 2. The fourth-order valence-corrected chi connectivity index (χ4v) is 1.68. The molecule has 1 fully saturated rings. The lowest BCUT2D eigenvalue weighted by atomic mass is 10.1. The maximum Gasteiger partial charge on any atom is 0.319 e. The molecule has 1 saturated heterocycles. The lowest BCUT2D eigenvalue weighted by Crippen LogP contribution is -2.26. The van der Waals surface area contributed by atoms with Crippen LogP contribution >= 0.6 is 0 Å². The van der Waals surface area contributed by atoms with Gasteiger partial charge in [0, 0.05) is 12.2 Å². The highest BCUT2D eigenvalue weighted by molar-refractivity contribution is 6.11. The van der Waals surface area contributed by atoms with Gasteiger partial charge < -0.3 is 16.0 Å². The van der Waals surface area contributed by atoms with Crippen LogP contribution in [0.3, 0.4) is 0 Å². The van der Waals surface area contributed by atoms with Crippen molar-refractivity contribution in [1.82, 2.24) is 16.0 Å². The molecule has 1 aliphatic heterocycles. The summed E-state index contributed by atoms with van der Waals surface area (Å²) in [5, 5.41) is 8.23. The minimum atomic E-state index is -0.260. The Morgan fingerprint density at radius 3 is 3.22 bits per heavy atom. The third-order valence-corrected chi connectivity index (χ3v) is 2.46. The molecule has 0 aromatic rings. The van der Waals surface area contributed by atoms with E-state index in [-0.39, 0.29) is 24.5 Å². The minimum absolute atomic E-state index is 0.134. The van der Waals surface area contributed by atoms with Crippen molar-refractivity contribution in [2.24, 2.45) is 4.99 Å². The molecule has 3 amide bonds. The van der Waals surface area contributed by atoms with E-state index >= 15 is 0 Å². The molecule has 1 atom stereocenters. The molecule has 1 unspecified atom stereocenters. The molecule has 94 valence electrons. The van der Waals surface area contributed by atoms with E-state index < -0.39 is 0 Å². The summed E-state index contributed by atoms with van der Waals surface area (Å²) >= 11 is 0. The maximum absolute atomic E-state index is 11.5. The van der Waals surface area contributed by atoms with Gasteiger partial charge in [-0.3, -0.25) is 4.79 Å². The first kappa shape index (κ1) is 12.3. The Hall–Kier alpha value is -2.21. The van der Waals surface area contributed by atoms with E-state index in [0.29, 0.717) is 18.0 Å². The summed E-state index contributed by atoms with van der Waals surface area (Å²) < 4.78 is 0. The molecule has 1 heterocycles. The number of aliphatic imine (C=N–C) groups is 1. The number of fused-ring (bicyclic) bond motifs is 1. The van der Waals surface area contributed by atoms with Gasteiger partial charge in [0.25, 0.3) is 5.91 Å². The zero-order valence-corrected chi connectivity index (χ0v) is 9.77. The summed E-state index contributed by atoms with van der Waals surface area (Å²) in [4.78, 5) is 26.5. The third-order valence-electron chi connectivity index (χ3n) is 2.46. The molecule has 6 heteroatoms. The van der Waals surface area contributed by atoms with Gasteiger partial charge in [-0.2, -0.15) is 0 Å². The maximum atomic E-state index is 11.5. The van der Waals surface area contributed by atoms with Gasteiger partial charge in [0.05, 0.1) is 18.3 Å². The van der Waals surface area contributed by atoms with Crippen molar-refractivity contribution in [1.29, 1.82) is 0 Å².